The van der Waals surface area contributed by atoms with Gasteiger partial charge in [0.1, 0.15) is 6.61 Å². The number of rotatable bonds is 12. The van der Waals surface area contributed by atoms with Gasteiger partial charge in [0.05, 0.1) is 6.61 Å². The molecule has 9 heteroatoms. The summed E-state index contributed by atoms with van der Waals surface area (Å²) in [6, 6.07) is 0. The van der Waals surface area contributed by atoms with E-state index in [9.17, 15) is 14.2 Å². The molecule has 0 aromatic carbocycles. The Morgan fingerprint density at radius 1 is 1.00 bits per heavy atom. The van der Waals surface area contributed by atoms with Crippen LogP contribution in [0.25, 0.3) is 0 Å². The number of unbranched alkanes of at least 4 members (excludes halogenated alkanes) is 2. The third-order valence-electron chi connectivity index (χ3n) is 2.63. The maximum Gasteiger partial charge on any atom is 0.469 e. The number of hydrogen-bond acceptors (Lipinski definition) is 6. The highest BCUT2D eigenvalue weighted by atomic mass is 31.2. The predicted octanol–water partition coefficient (Wildman–Crippen LogP) is 1.93. The Morgan fingerprint density at radius 3 is 2.05 bits per heavy atom. The van der Waals surface area contributed by atoms with Gasteiger partial charge in [0, 0.05) is 12.8 Å². The molecule has 0 heterocycles. The SMILES string of the molecule is CCCCC(=O)OC[C@H](COP(=O)(O)O)OC(=O)CCCC. The lowest BCUT2D eigenvalue weighted by atomic mass is 10.2. The van der Waals surface area contributed by atoms with Gasteiger partial charge in [-0.1, -0.05) is 26.7 Å². The second-order valence-electron chi connectivity index (χ2n) is 4.79. The maximum absolute atomic E-state index is 11.5. The highest BCUT2D eigenvalue weighted by Gasteiger charge is 2.22. The van der Waals surface area contributed by atoms with Crippen molar-refractivity contribution in [3.8, 4) is 0 Å². The molecule has 0 spiro atoms. The number of hydrogen-bond donors (Lipinski definition) is 2. The summed E-state index contributed by atoms with van der Waals surface area (Å²) in [6.07, 6.45) is 2.36. The van der Waals surface area contributed by atoms with E-state index >= 15 is 0 Å². The Bertz CT molecular complexity index is 378. The highest BCUT2D eigenvalue weighted by molar-refractivity contribution is 7.46. The van der Waals surface area contributed by atoms with E-state index < -0.39 is 32.5 Å². The van der Waals surface area contributed by atoms with Crippen molar-refractivity contribution in [2.45, 2.75) is 58.5 Å². The lowest BCUT2D eigenvalue weighted by Gasteiger charge is -2.18. The quantitative estimate of drug-likeness (QED) is 0.408. The van der Waals surface area contributed by atoms with Crippen LogP contribution in [0.5, 0.6) is 0 Å². The number of phosphoric acid groups is 1. The van der Waals surface area contributed by atoms with E-state index in [2.05, 4.69) is 4.52 Å². The Morgan fingerprint density at radius 2 is 1.55 bits per heavy atom. The summed E-state index contributed by atoms with van der Waals surface area (Å²) in [5.74, 6) is -0.974. The smallest absolute Gasteiger partial charge is 0.462 e. The standard InChI is InChI=1S/C13H25O8P/c1-3-5-7-12(14)19-9-11(10-20-22(16,17)18)21-13(15)8-6-4-2/h11H,3-10H2,1-2H3,(H2,16,17,18)/t11-/m1/s1. The molecule has 130 valence electrons. The molecule has 0 rings (SSSR count). The van der Waals surface area contributed by atoms with E-state index in [1.807, 2.05) is 13.8 Å². The number of phosphoric ester groups is 1. The van der Waals surface area contributed by atoms with Crippen LogP contribution in [0.1, 0.15) is 52.4 Å². The summed E-state index contributed by atoms with van der Waals surface area (Å²) < 4.78 is 25.0. The lowest BCUT2D eigenvalue weighted by Crippen LogP contribution is -2.29. The zero-order chi connectivity index (χ0) is 17.0. The molecule has 0 fully saturated rings. The van der Waals surface area contributed by atoms with Crippen molar-refractivity contribution in [3.05, 3.63) is 0 Å². The molecule has 0 bridgehead atoms. The first kappa shape index (κ1) is 21.0. The number of esters is 2. The molecule has 1 atom stereocenters. The molecule has 2 N–H and O–H groups in total. The normalized spacial score (nSPS) is 12.7. The first-order valence-corrected chi connectivity index (χ1v) is 8.86. The van der Waals surface area contributed by atoms with E-state index in [4.69, 9.17) is 19.3 Å². The molecule has 0 radical (unpaired) electrons. The average molecular weight is 340 g/mol. The average Bonchev–Trinajstić information content (AvgIpc) is 2.44. The van der Waals surface area contributed by atoms with E-state index in [1.54, 1.807) is 0 Å². The van der Waals surface area contributed by atoms with Crippen molar-refractivity contribution in [3.63, 3.8) is 0 Å². The van der Waals surface area contributed by atoms with E-state index in [0.29, 0.717) is 12.8 Å². The topological polar surface area (TPSA) is 119 Å². The van der Waals surface area contributed by atoms with Gasteiger partial charge in [-0.15, -0.1) is 0 Å². The fourth-order valence-electron chi connectivity index (χ4n) is 1.44. The third-order valence-corrected chi connectivity index (χ3v) is 3.11. The number of carbonyl (C=O) groups is 2. The van der Waals surface area contributed by atoms with Crippen LogP contribution in [0.15, 0.2) is 0 Å². The van der Waals surface area contributed by atoms with Crippen LogP contribution in [0, 0.1) is 0 Å². The van der Waals surface area contributed by atoms with E-state index in [-0.39, 0.29) is 19.4 Å². The summed E-state index contributed by atoms with van der Waals surface area (Å²) >= 11 is 0. The molecule has 0 aliphatic heterocycles. The van der Waals surface area contributed by atoms with Crippen molar-refractivity contribution < 1.29 is 37.9 Å². The van der Waals surface area contributed by atoms with Crippen LogP contribution in [0.3, 0.4) is 0 Å². The van der Waals surface area contributed by atoms with E-state index in [0.717, 1.165) is 12.8 Å². The molecule has 22 heavy (non-hydrogen) atoms. The number of ether oxygens (including phenoxy) is 2. The molecule has 0 aliphatic rings. The first-order valence-electron chi connectivity index (χ1n) is 7.33. The molecule has 0 amide bonds. The van der Waals surface area contributed by atoms with Gasteiger partial charge in [-0.05, 0) is 12.8 Å². The van der Waals surface area contributed by atoms with Crippen LogP contribution in [0.4, 0.5) is 0 Å². The molecule has 0 unspecified atom stereocenters. The van der Waals surface area contributed by atoms with Gasteiger partial charge < -0.3 is 19.3 Å². The van der Waals surface area contributed by atoms with Crippen molar-refractivity contribution in [2.24, 2.45) is 0 Å². The summed E-state index contributed by atoms with van der Waals surface area (Å²) in [5.41, 5.74) is 0. The Kier molecular flexibility index (Phi) is 11.1. The largest absolute Gasteiger partial charge is 0.469 e. The molecule has 0 aliphatic carbocycles. The van der Waals surface area contributed by atoms with Crippen LogP contribution < -0.4 is 0 Å². The summed E-state index contributed by atoms with van der Waals surface area (Å²) in [6.45, 7) is 3.01. The second kappa shape index (κ2) is 11.6. The molecule has 0 saturated heterocycles. The van der Waals surface area contributed by atoms with Crippen LogP contribution in [-0.4, -0.2) is 41.0 Å². The molecular weight excluding hydrogens is 315 g/mol. The Hall–Kier alpha value is -0.950. The van der Waals surface area contributed by atoms with Crippen molar-refractivity contribution in [1.82, 2.24) is 0 Å². The third kappa shape index (κ3) is 12.8. The minimum Gasteiger partial charge on any atom is -0.462 e. The fraction of sp³-hybridized carbons (Fsp3) is 0.846. The van der Waals surface area contributed by atoms with Gasteiger partial charge in [0.2, 0.25) is 0 Å². The summed E-state index contributed by atoms with van der Waals surface area (Å²) in [7, 11) is -4.68. The first-order chi connectivity index (χ1) is 10.3. The van der Waals surface area contributed by atoms with Crippen molar-refractivity contribution in [1.29, 1.82) is 0 Å². The number of carbonyl (C=O) groups excluding carboxylic acids is 2. The molecule has 8 nitrogen and oxygen atoms in total. The summed E-state index contributed by atoms with van der Waals surface area (Å²) in [4.78, 5) is 40.3. The Balaban J connectivity index is 4.35. The maximum atomic E-state index is 11.5. The van der Waals surface area contributed by atoms with Crippen LogP contribution in [-0.2, 0) is 28.2 Å². The monoisotopic (exact) mass is 340 g/mol. The fourth-order valence-corrected chi connectivity index (χ4v) is 1.80. The van der Waals surface area contributed by atoms with Crippen molar-refractivity contribution >= 4 is 19.8 Å². The minimum absolute atomic E-state index is 0.187. The predicted molar refractivity (Wildman–Crippen MR) is 77.9 cm³/mol. The molecule has 0 aromatic rings. The summed E-state index contributed by atoms with van der Waals surface area (Å²) in [5, 5.41) is 0. The van der Waals surface area contributed by atoms with Crippen molar-refractivity contribution in [2.75, 3.05) is 13.2 Å². The van der Waals surface area contributed by atoms with Gasteiger partial charge in [-0.25, -0.2) is 4.57 Å². The van der Waals surface area contributed by atoms with E-state index in [1.165, 1.54) is 0 Å². The van der Waals surface area contributed by atoms with Gasteiger partial charge in [-0.2, -0.15) is 0 Å². The zero-order valence-electron chi connectivity index (χ0n) is 13.0. The lowest BCUT2D eigenvalue weighted by molar-refractivity contribution is -0.161. The Labute approximate surface area is 130 Å². The van der Waals surface area contributed by atoms with Crippen LogP contribution in [0.2, 0.25) is 0 Å². The molecule has 0 saturated carbocycles. The second-order valence-corrected chi connectivity index (χ2v) is 6.03. The molecular formula is C13H25O8P. The minimum atomic E-state index is -4.68. The van der Waals surface area contributed by atoms with Gasteiger partial charge in [-0.3, -0.25) is 14.1 Å². The van der Waals surface area contributed by atoms with Crippen LogP contribution >= 0.6 is 7.82 Å². The van der Waals surface area contributed by atoms with Gasteiger partial charge in [0.25, 0.3) is 0 Å². The van der Waals surface area contributed by atoms with Gasteiger partial charge >= 0.3 is 19.8 Å². The zero-order valence-corrected chi connectivity index (χ0v) is 13.9. The highest BCUT2D eigenvalue weighted by Crippen LogP contribution is 2.35. The van der Waals surface area contributed by atoms with Gasteiger partial charge in [0.15, 0.2) is 6.10 Å². The molecule has 0 aromatic heterocycles.